The fourth-order valence-electron chi connectivity index (χ4n) is 1.10. The molecule has 0 fully saturated rings. The van der Waals surface area contributed by atoms with Crippen LogP contribution in [0.15, 0.2) is 22.9 Å². The summed E-state index contributed by atoms with van der Waals surface area (Å²) >= 11 is 4.22. The van der Waals surface area contributed by atoms with Crippen molar-refractivity contribution < 1.29 is 0 Å². The van der Waals surface area contributed by atoms with Gasteiger partial charge in [-0.3, -0.25) is 0 Å². The van der Waals surface area contributed by atoms with Crippen LogP contribution in [0.25, 0.3) is 0 Å². The standard InChI is InChI=1S/C8H10N2S/c1-5-3-6(2)10-8(11)7(5)4-9/h3,8,10-11H,1-2H3. The maximum absolute atomic E-state index is 8.69. The Morgan fingerprint density at radius 1 is 1.64 bits per heavy atom. The van der Waals surface area contributed by atoms with E-state index in [-0.39, 0.29) is 5.37 Å². The molecule has 1 aliphatic rings. The van der Waals surface area contributed by atoms with Gasteiger partial charge in [-0.05, 0) is 25.5 Å². The van der Waals surface area contributed by atoms with Crippen LogP contribution in [-0.4, -0.2) is 5.37 Å². The second-order valence-corrected chi connectivity index (χ2v) is 3.10. The zero-order valence-electron chi connectivity index (χ0n) is 6.55. The second-order valence-electron chi connectivity index (χ2n) is 2.58. The molecule has 0 saturated heterocycles. The Kier molecular flexibility index (Phi) is 2.25. The number of nitrogens with zero attached hydrogens (tertiary/aromatic N) is 1. The van der Waals surface area contributed by atoms with Crippen LogP contribution in [0.3, 0.4) is 0 Å². The lowest BCUT2D eigenvalue weighted by molar-refractivity contribution is 0.815. The molecule has 1 rings (SSSR count). The first-order chi connectivity index (χ1) is 5.15. The first-order valence-electron chi connectivity index (χ1n) is 3.39. The normalized spacial score (nSPS) is 23.8. The van der Waals surface area contributed by atoms with Gasteiger partial charge < -0.3 is 5.32 Å². The molecule has 0 aromatic carbocycles. The van der Waals surface area contributed by atoms with Gasteiger partial charge in [0.2, 0.25) is 0 Å². The Morgan fingerprint density at radius 2 is 2.27 bits per heavy atom. The number of rotatable bonds is 0. The van der Waals surface area contributed by atoms with Crippen LogP contribution in [0, 0.1) is 11.3 Å². The molecule has 0 aromatic heterocycles. The lowest BCUT2D eigenvalue weighted by Crippen LogP contribution is -2.27. The van der Waals surface area contributed by atoms with Crippen LogP contribution in [0.5, 0.6) is 0 Å². The topological polar surface area (TPSA) is 35.8 Å². The third kappa shape index (κ3) is 1.58. The van der Waals surface area contributed by atoms with Crippen LogP contribution in [0.1, 0.15) is 13.8 Å². The van der Waals surface area contributed by atoms with Crippen molar-refractivity contribution in [2.75, 3.05) is 0 Å². The summed E-state index contributed by atoms with van der Waals surface area (Å²) in [5, 5.41) is 11.6. The van der Waals surface area contributed by atoms with Gasteiger partial charge in [-0.2, -0.15) is 5.26 Å². The molecular formula is C8H10N2S. The van der Waals surface area contributed by atoms with Gasteiger partial charge in [-0.25, -0.2) is 0 Å². The monoisotopic (exact) mass is 166 g/mol. The summed E-state index contributed by atoms with van der Waals surface area (Å²) < 4.78 is 0. The smallest absolute Gasteiger partial charge is 0.105 e. The van der Waals surface area contributed by atoms with Gasteiger partial charge in [0.05, 0.1) is 11.6 Å². The Labute approximate surface area is 72.0 Å². The molecule has 0 bridgehead atoms. The summed E-state index contributed by atoms with van der Waals surface area (Å²) in [6, 6.07) is 2.12. The summed E-state index contributed by atoms with van der Waals surface area (Å²) in [6.07, 6.45) is 1.95. The number of allylic oxidation sites excluding steroid dienone is 3. The number of dihydropyridines is 1. The maximum Gasteiger partial charge on any atom is 0.105 e. The highest BCUT2D eigenvalue weighted by Crippen LogP contribution is 2.18. The molecule has 2 nitrogen and oxygen atoms in total. The van der Waals surface area contributed by atoms with Gasteiger partial charge in [0.1, 0.15) is 5.37 Å². The van der Waals surface area contributed by atoms with Crippen LogP contribution in [-0.2, 0) is 0 Å². The number of hydrogen-bond acceptors (Lipinski definition) is 3. The fourth-order valence-corrected chi connectivity index (χ4v) is 1.56. The zero-order chi connectivity index (χ0) is 8.43. The van der Waals surface area contributed by atoms with E-state index in [9.17, 15) is 0 Å². The van der Waals surface area contributed by atoms with Gasteiger partial charge in [-0.1, -0.05) is 0 Å². The van der Waals surface area contributed by atoms with Crippen LogP contribution >= 0.6 is 12.6 Å². The highest BCUT2D eigenvalue weighted by atomic mass is 32.1. The molecule has 1 unspecified atom stereocenters. The molecule has 11 heavy (non-hydrogen) atoms. The lowest BCUT2D eigenvalue weighted by Gasteiger charge is -2.20. The molecule has 0 radical (unpaired) electrons. The van der Waals surface area contributed by atoms with E-state index in [4.69, 9.17) is 5.26 Å². The van der Waals surface area contributed by atoms with Crippen molar-refractivity contribution in [2.45, 2.75) is 19.2 Å². The second kappa shape index (κ2) is 3.02. The van der Waals surface area contributed by atoms with Crippen molar-refractivity contribution in [3.63, 3.8) is 0 Å². The highest BCUT2D eigenvalue weighted by molar-refractivity contribution is 7.81. The van der Waals surface area contributed by atoms with E-state index >= 15 is 0 Å². The predicted octanol–water partition coefficient (Wildman–Crippen LogP) is 1.59. The molecular weight excluding hydrogens is 156 g/mol. The average molecular weight is 166 g/mol. The molecule has 3 heteroatoms. The molecule has 0 amide bonds. The van der Waals surface area contributed by atoms with Gasteiger partial charge in [0.15, 0.2) is 0 Å². The maximum atomic E-state index is 8.69. The quantitative estimate of drug-likeness (QED) is 0.536. The summed E-state index contributed by atoms with van der Waals surface area (Å²) in [4.78, 5) is 0. The third-order valence-corrected chi connectivity index (χ3v) is 2.00. The molecule has 58 valence electrons. The Balaban J connectivity index is 3.04. The van der Waals surface area contributed by atoms with E-state index in [1.54, 1.807) is 0 Å². The minimum absolute atomic E-state index is 0.134. The molecule has 1 heterocycles. The molecule has 1 atom stereocenters. The van der Waals surface area contributed by atoms with Crippen LogP contribution in [0.4, 0.5) is 0 Å². The van der Waals surface area contributed by atoms with Gasteiger partial charge in [0.25, 0.3) is 0 Å². The number of thiol groups is 1. The molecule has 0 aromatic rings. The van der Waals surface area contributed by atoms with E-state index in [2.05, 4.69) is 24.0 Å². The van der Waals surface area contributed by atoms with Gasteiger partial charge in [-0.15, -0.1) is 12.6 Å². The van der Waals surface area contributed by atoms with Gasteiger partial charge in [0, 0.05) is 5.70 Å². The van der Waals surface area contributed by atoms with Crippen molar-refractivity contribution in [3.8, 4) is 6.07 Å². The Hall–Kier alpha value is -0.880. The predicted molar refractivity (Wildman–Crippen MR) is 48.0 cm³/mol. The van der Waals surface area contributed by atoms with E-state index in [1.807, 2.05) is 19.9 Å². The van der Waals surface area contributed by atoms with Crippen molar-refractivity contribution in [1.29, 1.82) is 5.26 Å². The van der Waals surface area contributed by atoms with E-state index in [0.717, 1.165) is 11.3 Å². The Bertz CT molecular complexity index is 270. The van der Waals surface area contributed by atoms with E-state index in [1.165, 1.54) is 0 Å². The number of nitriles is 1. The minimum atomic E-state index is -0.134. The first-order valence-corrected chi connectivity index (χ1v) is 3.90. The summed E-state index contributed by atoms with van der Waals surface area (Å²) in [6.45, 7) is 3.88. The first kappa shape index (κ1) is 8.22. The minimum Gasteiger partial charge on any atom is -0.373 e. The zero-order valence-corrected chi connectivity index (χ0v) is 7.44. The van der Waals surface area contributed by atoms with Crippen molar-refractivity contribution in [1.82, 2.24) is 5.32 Å². The lowest BCUT2D eigenvalue weighted by atomic mass is 10.1. The van der Waals surface area contributed by atoms with Crippen LogP contribution in [0.2, 0.25) is 0 Å². The van der Waals surface area contributed by atoms with E-state index < -0.39 is 0 Å². The average Bonchev–Trinajstić information content (AvgIpc) is 1.85. The molecule has 0 spiro atoms. The van der Waals surface area contributed by atoms with Crippen molar-refractivity contribution >= 4 is 12.6 Å². The summed E-state index contributed by atoms with van der Waals surface area (Å²) in [5.74, 6) is 0. The SMILES string of the molecule is CC1=CC(C)=C(C#N)C(S)N1. The number of nitrogens with one attached hydrogen (secondary N) is 1. The molecule has 0 saturated carbocycles. The third-order valence-electron chi connectivity index (χ3n) is 1.62. The Morgan fingerprint density at radius 3 is 2.73 bits per heavy atom. The van der Waals surface area contributed by atoms with Crippen molar-refractivity contribution in [3.05, 3.63) is 22.9 Å². The molecule has 0 aliphatic carbocycles. The van der Waals surface area contributed by atoms with E-state index in [0.29, 0.717) is 5.57 Å². The molecule has 1 aliphatic heterocycles. The fraction of sp³-hybridized carbons (Fsp3) is 0.375. The van der Waals surface area contributed by atoms with Crippen LogP contribution < -0.4 is 5.32 Å². The summed E-state index contributed by atoms with van der Waals surface area (Å²) in [7, 11) is 0. The molecule has 1 N–H and O–H groups in total. The number of hydrogen-bond donors (Lipinski definition) is 2. The van der Waals surface area contributed by atoms with Crippen molar-refractivity contribution in [2.24, 2.45) is 0 Å². The van der Waals surface area contributed by atoms with Gasteiger partial charge >= 0.3 is 0 Å². The highest BCUT2D eigenvalue weighted by Gasteiger charge is 2.15. The largest absolute Gasteiger partial charge is 0.373 e. The summed E-state index contributed by atoms with van der Waals surface area (Å²) in [5.41, 5.74) is 2.77.